The highest BCUT2D eigenvalue weighted by atomic mass is 15.3. The zero-order chi connectivity index (χ0) is 15.6. The predicted octanol–water partition coefficient (Wildman–Crippen LogP) is 3.99. The third-order valence-electron chi connectivity index (χ3n) is 4.54. The maximum atomic E-state index is 4.91. The lowest BCUT2D eigenvalue weighted by Gasteiger charge is -2.07. The van der Waals surface area contributed by atoms with E-state index in [-0.39, 0.29) is 0 Å². The lowest BCUT2D eigenvalue weighted by Crippen LogP contribution is -2.05. The normalized spacial score (nSPS) is 12.9. The van der Waals surface area contributed by atoms with Gasteiger partial charge in [0.05, 0.1) is 11.4 Å². The standard InChI is InChI=1S/C20H21N3/c1-2-15-8-10-17(11-9-15)23-20-18(12-13-21-20)19(22-23)14-16-6-4-3-5-7-16/h3-11,21H,2,12-14H2,1H3. The highest BCUT2D eigenvalue weighted by Gasteiger charge is 2.22. The Morgan fingerprint density at radius 1 is 1.00 bits per heavy atom. The molecular weight excluding hydrogens is 282 g/mol. The van der Waals surface area contributed by atoms with Gasteiger partial charge in [-0.2, -0.15) is 5.10 Å². The first-order valence-corrected chi connectivity index (χ1v) is 8.33. The fourth-order valence-corrected chi connectivity index (χ4v) is 3.24. The Morgan fingerprint density at radius 3 is 2.52 bits per heavy atom. The molecule has 3 heteroatoms. The molecule has 2 aromatic carbocycles. The fourth-order valence-electron chi connectivity index (χ4n) is 3.24. The van der Waals surface area contributed by atoms with Crippen LogP contribution < -0.4 is 5.32 Å². The van der Waals surface area contributed by atoms with E-state index >= 15 is 0 Å². The van der Waals surface area contributed by atoms with Crippen LogP contribution in [0.2, 0.25) is 0 Å². The van der Waals surface area contributed by atoms with Crippen LogP contribution in [0.5, 0.6) is 0 Å². The van der Waals surface area contributed by atoms with E-state index in [0.717, 1.165) is 31.5 Å². The molecule has 0 spiro atoms. The maximum absolute atomic E-state index is 4.91. The Bertz CT molecular complexity index is 801. The molecule has 2 heterocycles. The molecule has 0 fully saturated rings. The Morgan fingerprint density at radius 2 is 1.78 bits per heavy atom. The van der Waals surface area contributed by atoms with Crippen LogP contribution in [-0.2, 0) is 19.3 Å². The van der Waals surface area contributed by atoms with E-state index in [4.69, 9.17) is 5.10 Å². The van der Waals surface area contributed by atoms with Crippen molar-refractivity contribution < 1.29 is 0 Å². The van der Waals surface area contributed by atoms with Crippen molar-refractivity contribution in [2.75, 3.05) is 11.9 Å². The molecule has 1 aliphatic heterocycles. The SMILES string of the molecule is CCc1ccc(-n2nc(Cc3ccccc3)c3c2NCC3)cc1. The molecule has 0 aliphatic carbocycles. The summed E-state index contributed by atoms with van der Waals surface area (Å²) in [6, 6.07) is 19.3. The molecule has 0 saturated carbocycles. The first-order valence-electron chi connectivity index (χ1n) is 8.33. The van der Waals surface area contributed by atoms with Gasteiger partial charge in [0.25, 0.3) is 0 Å². The van der Waals surface area contributed by atoms with Gasteiger partial charge in [0.1, 0.15) is 5.82 Å². The van der Waals surface area contributed by atoms with E-state index in [0.29, 0.717) is 0 Å². The van der Waals surface area contributed by atoms with E-state index in [2.05, 4.69) is 71.5 Å². The topological polar surface area (TPSA) is 29.9 Å². The van der Waals surface area contributed by atoms with Crippen molar-refractivity contribution in [3.8, 4) is 5.69 Å². The Labute approximate surface area is 137 Å². The van der Waals surface area contributed by atoms with Crippen LogP contribution in [0, 0.1) is 0 Å². The summed E-state index contributed by atoms with van der Waals surface area (Å²) in [5.74, 6) is 1.17. The highest BCUT2D eigenvalue weighted by molar-refractivity contribution is 5.57. The molecular formula is C20H21N3. The van der Waals surface area contributed by atoms with Gasteiger partial charge >= 0.3 is 0 Å². The lowest BCUT2D eigenvalue weighted by atomic mass is 10.1. The van der Waals surface area contributed by atoms with Gasteiger partial charge in [0.15, 0.2) is 0 Å². The molecule has 1 N–H and O–H groups in total. The zero-order valence-electron chi connectivity index (χ0n) is 13.4. The average Bonchev–Trinajstić information content (AvgIpc) is 3.20. The van der Waals surface area contributed by atoms with Crippen molar-refractivity contribution in [3.05, 3.63) is 77.0 Å². The molecule has 1 aliphatic rings. The molecule has 116 valence electrons. The summed E-state index contributed by atoms with van der Waals surface area (Å²) in [7, 11) is 0. The predicted molar refractivity (Wildman–Crippen MR) is 94.4 cm³/mol. The zero-order valence-corrected chi connectivity index (χ0v) is 13.4. The van der Waals surface area contributed by atoms with E-state index in [1.54, 1.807) is 0 Å². The van der Waals surface area contributed by atoms with Crippen LogP contribution in [0.3, 0.4) is 0 Å². The van der Waals surface area contributed by atoms with Gasteiger partial charge in [0, 0.05) is 18.5 Å². The highest BCUT2D eigenvalue weighted by Crippen LogP contribution is 2.30. The monoisotopic (exact) mass is 303 g/mol. The number of anilines is 1. The second-order valence-electron chi connectivity index (χ2n) is 6.04. The van der Waals surface area contributed by atoms with Crippen molar-refractivity contribution >= 4 is 5.82 Å². The van der Waals surface area contributed by atoms with Gasteiger partial charge in [-0.1, -0.05) is 49.4 Å². The lowest BCUT2D eigenvalue weighted by molar-refractivity contribution is 0.839. The van der Waals surface area contributed by atoms with Crippen molar-refractivity contribution in [2.24, 2.45) is 0 Å². The molecule has 0 unspecified atom stereocenters. The van der Waals surface area contributed by atoms with Gasteiger partial charge in [-0.15, -0.1) is 0 Å². The number of nitrogens with zero attached hydrogens (tertiary/aromatic N) is 2. The van der Waals surface area contributed by atoms with Crippen LogP contribution >= 0.6 is 0 Å². The van der Waals surface area contributed by atoms with Gasteiger partial charge in [-0.25, -0.2) is 4.68 Å². The molecule has 3 nitrogen and oxygen atoms in total. The summed E-state index contributed by atoms with van der Waals surface area (Å²) >= 11 is 0. The first-order chi connectivity index (χ1) is 11.3. The van der Waals surface area contributed by atoms with Crippen LogP contribution in [0.25, 0.3) is 5.69 Å². The number of fused-ring (bicyclic) bond motifs is 1. The number of benzene rings is 2. The summed E-state index contributed by atoms with van der Waals surface area (Å²) in [5.41, 5.74) is 6.36. The van der Waals surface area contributed by atoms with E-state index < -0.39 is 0 Å². The van der Waals surface area contributed by atoms with E-state index in [1.165, 1.54) is 28.2 Å². The smallest absolute Gasteiger partial charge is 0.133 e. The fraction of sp³-hybridized carbons (Fsp3) is 0.250. The molecule has 0 amide bonds. The molecule has 0 bridgehead atoms. The summed E-state index contributed by atoms with van der Waals surface area (Å²) in [5, 5.41) is 8.41. The van der Waals surface area contributed by atoms with Gasteiger partial charge < -0.3 is 5.32 Å². The van der Waals surface area contributed by atoms with E-state index in [9.17, 15) is 0 Å². The number of rotatable bonds is 4. The minimum Gasteiger partial charge on any atom is -0.369 e. The summed E-state index contributed by atoms with van der Waals surface area (Å²) in [4.78, 5) is 0. The number of aromatic nitrogens is 2. The Kier molecular flexibility index (Phi) is 3.62. The van der Waals surface area contributed by atoms with E-state index in [1.807, 2.05) is 0 Å². The first kappa shape index (κ1) is 14.1. The van der Waals surface area contributed by atoms with Gasteiger partial charge in [-0.3, -0.25) is 0 Å². The summed E-state index contributed by atoms with van der Waals surface area (Å²) in [6.07, 6.45) is 3.02. The molecule has 0 radical (unpaired) electrons. The van der Waals surface area contributed by atoms with Gasteiger partial charge in [0.2, 0.25) is 0 Å². The summed E-state index contributed by atoms with van der Waals surface area (Å²) < 4.78 is 2.07. The number of hydrogen-bond donors (Lipinski definition) is 1. The molecule has 3 aromatic rings. The second kappa shape index (κ2) is 5.92. The molecule has 0 atom stereocenters. The maximum Gasteiger partial charge on any atom is 0.133 e. The third kappa shape index (κ3) is 2.63. The van der Waals surface area contributed by atoms with Crippen molar-refractivity contribution in [3.63, 3.8) is 0 Å². The average molecular weight is 303 g/mol. The van der Waals surface area contributed by atoms with Crippen molar-refractivity contribution in [2.45, 2.75) is 26.2 Å². The molecule has 1 aromatic heterocycles. The van der Waals surface area contributed by atoms with Crippen LogP contribution in [0.1, 0.15) is 29.3 Å². The minimum absolute atomic E-state index is 0.894. The Hall–Kier alpha value is -2.55. The van der Waals surface area contributed by atoms with Gasteiger partial charge in [-0.05, 0) is 36.1 Å². The van der Waals surface area contributed by atoms with Crippen molar-refractivity contribution in [1.82, 2.24) is 9.78 Å². The van der Waals surface area contributed by atoms with Crippen LogP contribution in [-0.4, -0.2) is 16.3 Å². The van der Waals surface area contributed by atoms with Crippen LogP contribution in [0.4, 0.5) is 5.82 Å². The van der Waals surface area contributed by atoms with Crippen molar-refractivity contribution in [1.29, 1.82) is 0 Å². The number of hydrogen-bond acceptors (Lipinski definition) is 2. The molecule has 4 rings (SSSR count). The quantitative estimate of drug-likeness (QED) is 0.789. The molecule has 23 heavy (non-hydrogen) atoms. The Balaban J connectivity index is 1.72. The third-order valence-corrected chi connectivity index (χ3v) is 4.54. The van der Waals surface area contributed by atoms with Crippen LogP contribution in [0.15, 0.2) is 54.6 Å². The molecule has 0 saturated heterocycles. The number of nitrogens with one attached hydrogen (secondary N) is 1. The largest absolute Gasteiger partial charge is 0.369 e. The minimum atomic E-state index is 0.894. The summed E-state index contributed by atoms with van der Waals surface area (Å²) in [6.45, 7) is 3.18. The number of aryl methyl sites for hydroxylation is 1. The second-order valence-corrected chi connectivity index (χ2v) is 6.04.